The summed E-state index contributed by atoms with van der Waals surface area (Å²) in [6.07, 6.45) is 26.1. The summed E-state index contributed by atoms with van der Waals surface area (Å²) in [4.78, 5) is 0. The third-order valence-electron chi connectivity index (χ3n) is 5.44. The number of rotatable bonds is 24. The van der Waals surface area contributed by atoms with Gasteiger partial charge in [0.2, 0.25) is 0 Å². The van der Waals surface area contributed by atoms with Crippen LogP contribution in [-0.4, -0.2) is 72.3 Å². The molecule has 0 spiro atoms. The van der Waals surface area contributed by atoms with E-state index in [1.165, 1.54) is 116 Å². The summed E-state index contributed by atoms with van der Waals surface area (Å²) in [5, 5.41) is 0. The quantitative estimate of drug-likeness (QED) is 0.0822. The van der Waals surface area contributed by atoms with Crippen LogP contribution in [0.1, 0.15) is 142 Å². The van der Waals surface area contributed by atoms with Crippen LogP contribution in [0.4, 0.5) is 0 Å². The SMILES string of the molecule is CCCCCCCCCCCCO[PH](=O)OCCCCCCCCCCCC.[NaH].[NaH]. The van der Waals surface area contributed by atoms with Crippen molar-refractivity contribution >= 4 is 67.4 Å². The van der Waals surface area contributed by atoms with Gasteiger partial charge in [0.1, 0.15) is 0 Å². The van der Waals surface area contributed by atoms with Gasteiger partial charge in [-0.15, -0.1) is 0 Å². The van der Waals surface area contributed by atoms with Crippen LogP contribution in [0.3, 0.4) is 0 Å². The van der Waals surface area contributed by atoms with Crippen LogP contribution in [0.15, 0.2) is 0 Å². The van der Waals surface area contributed by atoms with E-state index in [-0.39, 0.29) is 59.1 Å². The second-order valence-electron chi connectivity index (χ2n) is 8.31. The predicted molar refractivity (Wildman–Crippen MR) is 139 cm³/mol. The van der Waals surface area contributed by atoms with Crippen LogP contribution in [0, 0.1) is 0 Å². The molecule has 0 amide bonds. The topological polar surface area (TPSA) is 35.5 Å². The Morgan fingerprint density at radius 3 is 0.933 bits per heavy atom. The van der Waals surface area contributed by atoms with E-state index < -0.39 is 8.25 Å². The molecule has 0 saturated heterocycles. The van der Waals surface area contributed by atoms with Crippen LogP contribution in [0.5, 0.6) is 0 Å². The summed E-state index contributed by atoms with van der Waals surface area (Å²) in [5.74, 6) is 0. The van der Waals surface area contributed by atoms with Gasteiger partial charge < -0.3 is 9.05 Å². The molecule has 0 aliphatic heterocycles. The Hall–Kier alpha value is 2.15. The zero-order valence-electron chi connectivity index (χ0n) is 19.3. The molecule has 0 aromatic heterocycles. The Morgan fingerprint density at radius 2 is 0.667 bits per heavy atom. The molecule has 0 radical (unpaired) electrons. The fourth-order valence-electron chi connectivity index (χ4n) is 3.53. The van der Waals surface area contributed by atoms with E-state index in [1.54, 1.807) is 0 Å². The molecule has 0 unspecified atom stereocenters. The fraction of sp³-hybridized carbons (Fsp3) is 1.00. The first-order valence-electron chi connectivity index (χ1n) is 12.6. The van der Waals surface area contributed by atoms with Crippen molar-refractivity contribution < 1.29 is 13.6 Å². The van der Waals surface area contributed by atoms with Crippen molar-refractivity contribution in [2.45, 2.75) is 142 Å². The van der Waals surface area contributed by atoms with Gasteiger partial charge in [-0.3, -0.25) is 4.57 Å². The molecule has 0 aromatic rings. The molecule has 0 aliphatic rings. The molecule has 30 heavy (non-hydrogen) atoms. The van der Waals surface area contributed by atoms with Crippen molar-refractivity contribution in [3.8, 4) is 0 Å². The summed E-state index contributed by atoms with van der Waals surface area (Å²) >= 11 is 0. The number of hydrogen-bond acceptors (Lipinski definition) is 3. The van der Waals surface area contributed by atoms with Crippen LogP contribution < -0.4 is 0 Å². The van der Waals surface area contributed by atoms with Crippen molar-refractivity contribution in [2.75, 3.05) is 13.2 Å². The standard InChI is InChI=1S/C24H51O3P.2Na.2H/c1-3-5-7-9-11-13-15-17-19-21-23-26-28(25)27-24-22-20-18-16-14-12-10-8-6-4-2;;;;/h28H,3-24H2,1-2H3;;;;. The summed E-state index contributed by atoms with van der Waals surface area (Å²) in [6.45, 7) is 5.71. The van der Waals surface area contributed by atoms with Crippen LogP contribution >= 0.6 is 8.25 Å². The van der Waals surface area contributed by atoms with Crippen LogP contribution in [-0.2, 0) is 13.6 Å². The van der Waals surface area contributed by atoms with Crippen LogP contribution in [0.2, 0.25) is 0 Å². The predicted octanol–water partition coefficient (Wildman–Crippen LogP) is 7.95. The van der Waals surface area contributed by atoms with Gasteiger partial charge in [-0.2, -0.15) is 0 Å². The molecule has 6 heteroatoms. The Balaban J connectivity index is -0.00000364. The first kappa shape index (κ1) is 36.7. The molecule has 0 fully saturated rings. The van der Waals surface area contributed by atoms with Gasteiger partial charge in [0, 0.05) is 0 Å². The normalized spacial score (nSPS) is 10.8. The van der Waals surface area contributed by atoms with E-state index in [9.17, 15) is 4.57 Å². The molecule has 0 bridgehead atoms. The molecular weight excluding hydrogens is 413 g/mol. The molecule has 3 nitrogen and oxygen atoms in total. The van der Waals surface area contributed by atoms with E-state index >= 15 is 0 Å². The zero-order chi connectivity index (χ0) is 20.5. The first-order valence-corrected chi connectivity index (χ1v) is 13.8. The molecule has 0 atom stereocenters. The van der Waals surface area contributed by atoms with E-state index in [1.807, 2.05) is 0 Å². The van der Waals surface area contributed by atoms with Crippen molar-refractivity contribution in [1.82, 2.24) is 0 Å². The van der Waals surface area contributed by atoms with Crippen molar-refractivity contribution in [3.05, 3.63) is 0 Å². The molecule has 0 N–H and O–H groups in total. The van der Waals surface area contributed by atoms with Gasteiger partial charge in [0.15, 0.2) is 0 Å². The first-order chi connectivity index (χ1) is 13.8. The third-order valence-corrected chi connectivity index (χ3v) is 6.32. The zero-order valence-corrected chi connectivity index (χ0v) is 20.3. The van der Waals surface area contributed by atoms with Gasteiger partial charge in [-0.1, -0.05) is 129 Å². The molecule has 0 saturated carbocycles. The second-order valence-corrected chi connectivity index (χ2v) is 9.39. The van der Waals surface area contributed by atoms with Crippen molar-refractivity contribution in [2.24, 2.45) is 0 Å². The van der Waals surface area contributed by atoms with Gasteiger partial charge in [0.25, 0.3) is 0 Å². The molecule has 174 valence electrons. The van der Waals surface area contributed by atoms with E-state index in [4.69, 9.17) is 9.05 Å². The Kier molecular flexibility index (Phi) is 40.8. The summed E-state index contributed by atoms with van der Waals surface area (Å²) < 4.78 is 22.4. The minimum atomic E-state index is -2.26. The minimum absolute atomic E-state index is 0. The summed E-state index contributed by atoms with van der Waals surface area (Å²) in [7, 11) is -2.26. The Bertz CT molecular complexity index is 293. The summed E-state index contributed by atoms with van der Waals surface area (Å²) in [6, 6.07) is 0. The van der Waals surface area contributed by atoms with Crippen LogP contribution in [0.25, 0.3) is 0 Å². The maximum atomic E-state index is 11.7. The van der Waals surface area contributed by atoms with Gasteiger partial charge >= 0.3 is 67.4 Å². The monoisotopic (exact) mass is 466 g/mol. The molecule has 0 heterocycles. The maximum absolute atomic E-state index is 11.7. The van der Waals surface area contributed by atoms with Gasteiger partial charge in [-0.25, -0.2) is 0 Å². The van der Waals surface area contributed by atoms with Crippen molar-refractivity contribution in [3.63, 3.8) is 0 Å². The Morgan fingerprint density at radius 1 is 0.433 bits per heavy atom. The Labute approximate surface area is 234 Å². The van der Waals surface area contributed by atoms with Gasteiger partial charge in [-0.05, 0) is 12.8 Å². The second kappa shape index (κ2) is 33.3. The average Bonchev–Trinajstić information content (AvgIpc) is 2.70. The average molecular weight is 467 g/mol. The summed E-state index contributed by atoms with van der Waals surface area (Å²) in [5.41, 5.74) is 0. The van der Waals surface area contributed by atoms with Crippen molar-refractivity contribution in [1.29, 1.82) is 0 Å². The molecule has 0 aromatic carbocycles. The molecule has 0 rings (SSSR count). The third kappa shape index (κ3) is 32.3. The van der Waals surface area contributed by atoms with E-state index in [2.05, 4.69) is 13.8 Å². The number of unbranched alkanes of at least 4 members (excludes halogenated alkanes) is 18. The van der Waals surface area contributed by atoms with Gasteiger partial charge in [0.05, 0.1) is 13.2 Å². The fourth-order valence-corrected chi connectivity index (χ4v) is 4.24. The van der Waals surface area contributed by atoms with E-state index in [0.29, 0.717) is 13.2 Å². The van der Waals surface area contributed by atoms with E-state index in [0.717, 1.165) is 12.8 Å². The molecule has 0 aliphatic carbocycles. The molecular formula is C24H53Na2O3P. The number of hydrogen-bond donors (Lipinski definition) is 0.